The quantitative estimate of drug-likeness (QED) is 0.351. The fourth-order valence-corrected chi connectivity index (χ4v) is 6.15. The van der Waals surface area contributed by atoms with E-state index in [1.165, 1.54) is 6.08 Å². The molecule has 0 aliphatic carbocycles. The molecule has 42 heavy (non-hydrogen) atoms. The van der Waals surface area contributed by atoms with Crippen LogP contribution in [0.2, 0.25) is 0 Å². The summed E-state index contributed by atoms with van der Waals surface area (Å²) in [6.45, 7) is 10.3. The van der Waals surface area contributed by atoms with Gasteiger partial charge in [0, 0.05) is 55.1 Å². The molecule has 216 valence electrons. The predicted molar refractivity (Wildman–Crippen MR) is 162 cm³/mol. The number of carbonyl (C=O) groups is 1. The highest BCUT2D eigenvalue weighted by molar-refractivity contribution is 6.02. The second-order valence-electron chi connectivity index (χ2n) is 11.4. The first kappa shape index (κ1) is 27.6. The van der Waals surface area contributed by atoms with E-state index in [2.05, 4.69) is 37.5 Å². The second-order valence-corrected chi connectivity index (χ2v) is 11.4. The zero-order chi connectivity index (χ0) is 29.7. The Bertz CT molecular complexity index is 1750. The molecule has 0 radical (unpaired) electrons. The lowest BCUT2D eigenvalue weighted by molar-refractivity contribution is -0.128. The lowest BCUT2D eigenvalue weighted by Crippen LogP contribution is -2.58. The van der Waals surface area contributed by atoms with E-state index in [1.807, 2.05) is 46.1 Å². The van der Waals surface area contributed by atoms with Crippen molar-refractivity contribution < 1.29 is 9.18 Å². The van der Waals surface area contributed by atoms with E-state index in [4.69, 9.17) is 9.97 Å². The molecule has 0 unspecified atom stereocenters. The molecule has 2 aromatic carbocycles. The van der Waals surface area contributed by atoms with Crippen molar-refractivity contribution in [2.75, 3.05) is 56.6 Å². The number of amides is 1. The lowest BCUT2D eigenvalue weighted by atomic mass is 9.92. The van der Waals surface area contributed by atoms with E-state index in [1.54, 1.807) is 11.1 Å². The molecule has 0 spiro atoms. The minimum atomic E-state index is -0.398. The summed E-state index contributed by atoms with van der Waals surface area (Å²) < 4.78 is 16.9. The molecule has 10 nitrogen and oxygen atoms in total. The molecular formula is C31H34FN9O. The molecule has 0 bridgehead atoms. The van der Waals surface area contributed by atoms with Crippen molar-refractivity contribution in [3.8, 4) is 17.2 Å². The minimum Gasteiger partial charge on any atom is -0.352 e. The van der Waals surface area contributed by atoms with Crippen LogP contribution in [-0.2, 0) is 4.79 Å². The number of aromatic amines is 1. The molecule has 2 aliphatic heterocycles. The Morgan fingerprint density at radius 2 is 1.93 bits per heavy atom. The van der Waals surface area contributed by atoms with Crippen molar-refractivity contribution in [3.05, 3.63) is 54.0 Å². The van der Waals surface area contributed by atoms with Crippen LogP contribution >= 0.6 is 0 Å². The summed E-state index contributed by atoms with van der Waals surface area (Å²) in [7, 11) is 4.09. The molecule has 11 heteroatoms. The number of nitriles is 1. The van der Waals surface area contributed by atoms with Gasteiger partial charge in [0.05, 0.1) is 30.2 Å². The van der Waals surface area contributed by atoms with Crippen LogP contribution in [0.1, 0.15) is 17.5 Å². The number of H-pyrrole nitrogens is 1. The first-order valence-corrected chi connectivity index (χ1v) is 14.1. The molecule has 2 saturated heterocycles. The van der Waals surface area contributed by atoms with E-state index in [-0.39, 0.29) is 23.9 Å². The number of hydrogen-bond acceptors (Lipinski definition) is 8. The molecule has 4 heterocycles. The number of hydrogen-bond donors (Lipinski definition) is 1. The van der Waals surface area contributed by atoms with Crippen molar-refractivity contribution in [2.24, 2.45) is 0 Å². The third kappa shape index (κ3) is 4.52. The summed E-state index contributed by atoms with van der Waals surface area (Å²) in [4.78, 5) is 30.3. The summed E-state index contributed by atoms with van der Waals surface area (Å²) in [5, 5.41) is 18.2. The Labute approximate surface area is 244 Å². The van der Waals surface area contributed by atoms with E-state index in [0.717, 1.165) is 40.7 Å². The van der Waals surface area contributed by atoms with Crippen molar-refractivity contribution in [3.63, 3.8) is 0 Å². The van der Waals surface area contributed by atoms with Crippen molar-refractivity contribution in [1.82, 2.24) is 30.0 Å². The number of aromatic nitrogens is 4. The average molecular weight is 568 g/mol. The van der Waals surface area contributed by atoms with Gasteiger partial charge in [0.2, 0.25) is 11.9 Å². The van der Waals surface area contributed by atoms with Gasteiger partial charge in [-0.15, -0.1) is 0 Å². The van der Waals surface area contributed by atoms with Crippen LogP contribution in [0.5, 0.6) is 0 Å². The van der Waals surface area contributed by atoms with Gasteiger partial charge >= 0.3 is 0 Å². The number of halogens is 1. The summed E-state index contributed by atoms with van der Waals surface area (Å²) in [5.41, 5.74) is 4.09. The Hall–Kier alpha value is -4.56. The summed E-state index contributed by atoms with van der Waals surface area (Å²) >= 11 is 0. The van der Waals surface area contributed by atoms with E-state index in [0.29, 0.717) is 48.4 Å². The number of likely N-dealkylation sites (N-methyl/N-ethyl adjacent to an activating group) is 1. The van der Waals surface area contributed by atoms with Crippen molar-refractivity contribution >= 4 is 39.5 Å². The molecule has 2 aliphatic rings. The Morgan fingerprint density at radius 3 is 2.64 bits per heavy atom. The Kier molecular flexibility index (Phi) is 7.02. The van der Waals surface area contributed by atoms with E-state index in [9.17, 15) is 10.1 Å². The number of nitrogens with zero attached hydrogens (tertiary/aromatic N) is 8. The van der Waals surface area contributed by atoms with Gasteiger partial charge < -0.3 is 19.6 Å². The standard InChI is InChI=1S/C31H34FN9O/c1-6-25(42)41-12-11-39(15-20(41)9-10-33)30-22-13-19(3)27(26-18(2)7-8-24-23(26)14-34-37-24)28(32)29(22)35-31(36-30)40-16-21(17-40)38(4)5/h6-8,13-14,20-21H,1,9,11-12,15-17H2,2-5H3,(H,34,37)/t20-/m0/s1. The molecule has 1 amide bonds. The third-order valence-electron chi connectivity index (χ3n) is 8.62. The van der Waals surface area contributed by atoms with E-state index < -0.39 is 5.82 Å². The van der Waals surface area contributed by atoms with Gasteiger partial charge in [-0.1, -0.05) is 12.6 Å². The maximum Gasteiger partial charge on any atom is 0.246 e. The largest absolute Gasteiger partial charge is 0.352 e. The minimum absolute atomic E-state index is 0.175. The van der Waals surface area contributed by atoms with Crippen LogP contribution in [-0.4, -0.2) is 94.8 Å². The molecule has 0 saturated carbocycles. The van der Waals surface area contributed by atoms with Crippen molar-refractivity contribution in [2.45, 2.75) is 32.4 Å². The molecule has 2 aromatic heterocycles. The monoisotopic (exact) mass is 567 g/mol. The maximum absolute atomic E-state index is 16.9. The molecular weight excluding hydrogens is 533 g/mol. The number of anilines is 2. The van der Waals surface area contributed by atoms with Gasteiger partial charge in [-0.05, 0) is 62.8 Å². The molecule has 1 atom stereocenters. The summed E-state index contributed by atoms with van der Waals surface area (Å²) in [6.07, 6.45) is 3.19. The number of rotatable bonds is 6. The first-order valence-electron chi connectivity index (χ1n) is 14.1. The van der Waals surface area contributed by atoms with Crippen LogP contribution in [0.25, 0.3) is 32.9 Å². The second kappa shape index (κ2) is 10.7. The zero-order valence-corrected chi connectivity index (χ0v) is 24.4. The highest BCUT2D eigenvalue weighted by Crippen LogP contribution is 2.40. The van der Waals surface area contributed by atoms with Gasteiger partial charge in [0.15, 0.2) is 5.82 Å². The molecule has 4 aromatic rings. The molecule has 1 N–H and O–H groups in total. The molecule has 6 rings (SSSR count). The predicted octanol–water partition coefficient (Wildman–Crippen LogP) is 3.80. The van der Waals surface area contributed by atoms with E-state index >= 15 is 4.39 Å². The number of piperazine rings is 1. The Balaban J connectivity index is 1.52. The van der Waals surface area contributed by atoms with Crippen LogP contribution in [0.4, 0.5) is 16.2 Å². The first-order chi connectivity index (χ1) is 20.2. The van der Waals surface area contributed by atoms with Crippen LogP contribution in [0, 0.1) is 31.0 Å². The van der Waals surface area contributed by atoms with Gasteiger partial charge in [0.25, 0.3) is 0 Å². The normalized spacial score (nSPS) is 17.6. The van der Waals surface area contributed by atoms with Gasteiger partial charge in [0.1, 0.15) is 11.3 Å². The fraction of sp³-hybridized carbons (Fsp3) is 0.387. The summed E-state index contributed by atoms with van der Waals surface area (Å²) in [5.74, 6) is 0.493. The van der Waals surface area contributed by atoms with Gasteiger partial charge in [-0.3, -0.25) is 9.89 Å². The lowest BCUT2D eigenvalue weighted by Gasteiger charge is -2.44. The van der Waals surface area contributed by atoms with Crippen LogP contribution in [0.3, 0.4) is 0 Å². The Morgan fingerprint density at radius 1 is 1.14 bits per heavy atom. The average Bonchev–Trinajstić information content (AvgIpc) is 3.42. The van der Waals surface area contributed by atoms with Crippen molar-refractivity contribution in [1.29, 1.82) is 5.26 Å². The van der Waals surface area contributed by atoms with Gasteiger partial charge in [-0.2, -0.15) is 15.3 Å². The third-order valence-corrected chi connectivity index (χ3v) is 8.62. The number of fused-ring (bicyclic) bond motifs is 2. The topological polar surface area (TPSA) is 108 Å². The summed E-state index contributed by atoms with van der Waals surface area (Å²) in [6, 6.07) is 8.12. The smallest absolute Gasteiger partial charge is 0.246 e. The SMILES string of the molecule is C=CC(=O)N1CCN(c2nc(N3CC(N(C)C)C3)nc3c(F)c(-c4c(C)ccc5[nH]ncc45)c(C)cc23)C[C@@H]1CC#N. The van der Waals surface area contributed by atoms with Crippen LogP contribution < -0.4 is 9.80 Å². The highest BCUT2D eigenvalue weighted by atomic mass is 19.1. The fourth-order valence-electron chi connectivity index (χ4n) is 6.15. The number of aryl methyl sites for hydroxylation is 2. The molecule has 2 fully saturated rings. The number of nitrogens with one attached hydrogen (secondary N) is 1. The highest BCUT2D eigenvalue weighted by Gasteiger charge is 2.35. The van der Waals surface area contributed by atoms with Crippen LogP contribution in [0.15, 0.2) is 37.1 Å². The van der Waals surface area contributed by atoms with Gasteiger partial charge in [-0.25, -0.2) is 9.37 Å². The maximum atomic E-state index is 16.9. The number of benzene rings is 2. The zero-order valence-electron chi connectivity index (χ0n) is 24.4. The number of carbonyl (C=O) groups excluding carboxylic acids is 1.